The highest BCUT2D eigenvalue weighted by Gasteiger charge is 2.48. The fraction of sp³-hybridized carbons (Fsp3) is 0.0417. The Bertz CT molecular complexity index is 1450. The standard InChI is InChI=1S/C24H14Cl2N2O4S/c25-14-5-1-13(2-6-14)21(30)19-20(12-3-8-16(29)9-4-12)28(23(32)22(19)31)24-27-17-10-7-15(26)11-18(17)33-24/h1-11,20,29-30H. The van der Waals surface area contributed by atoms with E-state index >= 15 is 0 Å². The second-order valence-corrected chi connectivity index (χ2v) is 9.26. The Labute approximate surface area is 201 Å². The van der Waals surface area contributed by atoms with Gasteiger partial charge >= 0.3 is 5.91 Å². The van der Waals surface area contributed by atoms with Gasteiger partial charge in [-0.15, -0.1) is 0 Å². The quantitative estimate of drug-likeness (QED) is 0.208. The number of thiazole rings is 1. The minimum atomic E-state index is -0.947. The summed E-state index contributed by atoms with van der Waals surface area (Å²) >= 11 is 13.3. The average Bonchev–Trinajstić information content (AvgIpc) is 3.32. The van der Waals surface area contributed by atoms with Crippen molar-refractivity contribution in [2.75, 3.05) is 4.90 Å². The van der Waals surface area contributed by atoms with Crippen LogP contribution in [0.4, 0.5) is 5.13 Å². The molecule has 0 saturated carbocycles. The molecule has 2 heterocycles. The molecule has 1 fully saturated rings. The van der Waals surface area contributed by atoms with Gasteiger partial charge in [0.1, 0.15) is 11.5 Å². The fourth-order valence-electron chi connectivity index (χ4n) is 3.75. The zero-order chi connectivity index (χ0) is 23.3. The summed E-state index contributed by atoms with van der Waals surface area (Å²) in [5.41, 5.74) is 1.42. The Morgan fingerprint density at radius 1 is 0.939 bits per heavy atom. The number of fused-ring (bicyclic) bond motifs is 1. The van der Waals surface area contributed by atoms with Gasteiger partial charge in [0.15, 0.2) is 5.13 Å². The third kappa shape index (κ3) is 3.74. The Hall–Kier alpha value is -3.39. The number of aromatic hydroxyl groups is 1. The minimum absolute atomic E-state index is 0.0306. The lowest BCUT2D eigenvalue weighted by atomic mass is 9.95. The molecule has 164 valence electrons. The number of halogens is 2. The molecule has 0 radical (unpaired) electrons. The number of Topliss-reactive ketones (excluding diaryl/α,β-unsaturated/α-hetero) is 1. The van der Waals surface area contributed by atoms with Gasteiger partial charge in [-0.3, -0.25) is 14.5 Å². The molecule has 0 aliphatic carbocycles. The number of phenolic OH excluding ortho intramolecular Hbond substituents is 1. The van der Waals surface area contributed by atoms with Crippen LogP contribution in [-0.2, 0) is 9.59 Å². The monoisotopic (exact) mass is 496 g/mol. The first-order chi connectivity index (χ1) is 15.8. The summed E-state index contributed by atoms with van der Waals surface area (Å²) < 4.78 is 0.751. The molecule has 0 bridgehead atoms. The number of anilines is 1. The van der Waals surface area contributed by atoms with E-state index in [1.807, 2.05) is 0 Å². The number of aliphatic hydroxyl groups excluding tert-OH is 1. The maximum absolute atomic E-state index is 13.2. The Kier molecular flexibility index (Phi) is 5.32. The summed E-state index contributed by atoms with van der Waals surface area (Å²) in [5, 5.41) is 22.1. The molecule has 9 heteroatoms. The van der Waals surface area contributed by atoms with E-state index in [1.165, 1.54) is 28.4 Å². The number of hydrogen-bond donors (Lipinski definition) is 2. The molecule has 1 aliphatic rings. The molecule has 33 heavy (non-hydrogen) atoms. The highest BCUT2D eigenvalue weighted by Crippen LogP contribution is 2.44. The van der Waals surface area contributed by atoms with E-state index in [1.54, 1.807) is 54.6 Å². The van der Waals surface area contributed by atoms with Crippen LogP contribution in [0.1, 0.15) is 17.2 Å². The molecule has 3 aromatic carbocycles. The van der Waals surface area contributed by atoms with Crippen LogP contribution in [0.5, 0.6) is 5.75 Å². The molecule has 1 amide bonds. The van der Waals surface area contributed by atoms with E-state index in [0.717, 1.165) is 4.70 Å². The summed E-state index contributed by atoms with van der Waals surface area (Å²) in [6.07, 6.45) is 0. The lowest BCUT2D eigenvalue weighted by molar-refractivity contribution is -0.132. The summed E-state index contributed by atoms with van der Waals surface area (Å²) in [6, 6.07) is 16.6. The number of hydrogen-bond acceptors (Lipinski definition) is 6. The zero-order valence-corrected chi connectivity index (χ0v) is 19.0. The predicted octanol–water partition coefficient (Wildman–Crippen LogP) is 5.94. The third-order valence-corrected chi connectivity index (χ3v) is 6.82. The SMILES string of the molecule is O=C1C(=O)N(c2nc3ccc(Cl)cc3s2)C(c2ccc(O)cc2)C1=C(O)c1ccc(Cl)cc1. The first-order valence-electron chi connectivity index (χ1n) is 9.75. The summed E-state index contributed by atoms with van der Waals surface area (Å²) in [7, 11) is 0. The third-order valence-electron chi connectivity index (χ3n) is 5.32. The summed E-state index contributed by atoms with van der Waals surface area (Å²) in [6.45, 7) is 0. The van der Waals surface area contributed by atoms with E-state index in [2.05, 4.69) is 4.98 Å². The number of rotatable bonds is 3. The van der Waals surface area contributed by atoms with Gasteiger partial charge in [-0.25, -0.2) is 4.98 Å². The lowest BCUT2D eigenvalue weighted by Crippen LogP contribution is -2.29. The molecular formula is C24H14Cl2N2O4S. The molecule has 4 aromatic rings. The molecule has 1 aromatic heterocycles. The van der Waals surface area contributed by atoms with Gasteiger partial charge in [0.05, 0.1) is 21.8 Å². The van der Waals surface area contributed by atoms with Crippen LogP contribution in [0.25, 0.3) is 16.0 Å². The van der Waals surface area contributed by atoms with Gasteiger partial charge in [0.25, 0.3) is 5.78 Å². The normalized spacial score (nSPS) is 17.8. The fourth-order valence-corrected chi connectivity index (χ4v) is 5.15. The maximum Gasteiger partial charge on any atom is 0.301 e. The van der Waals surface area contributed by atoms with E-state index < -0.39 is 17.7 Å². The molecule has 0 spiro atoms. The highest BCUT2D eigenvalue weighted by atomic mass is 35.5. The maximum atomic E-state index is 13.2. The molecule has 5 rings (SSSR count). The summed E-state index contributed by atoms with van der Waals surface area (Å²) in [5.74, 6) is -1.94. The van der Waals surface area contributed by atoms with Crippen molar-refractivity contribution in [2.24, 2.45) is 0 Å². The van der Waals surface area contributed by atoms with Crippen molar-refractivity contribution in [3.8, 4) is 5.75 Å². The van der Waals surface area contributed by atoms with Crippen molar-refractivity contribution >= 4 is 67.3 Å². The van der Waals surface area contributed by atoms with E-state index in [9.17, 15) is 19.8 Å². The number of aliphatic hydroxyl groups is 1. The molecule has 2 N–H and O–H groups in total. The van der Waals surface area contributed by atoms with E-state index in [-0.39, 0.29) is 17.1 Å². The first-order valence-corrected chi connectivity index (χ1v) is 11.3. The number of ketones is 1. The van der Waals surface area contributed by atoms with Crippen molar-refractivity contribution in [1.29, 1.82) is 0 Å². The molecule has 6 nitrogen and oxygen atoms in total. The minimum Gasteiger partial charge on any atom is -0.508 e. The molecule has 1 atom stereocenters. The zero-order valence-electron chi connectivity index (χ0n) is 16.7. The molecule has 1 saturated heterocycles. The molecular weight excluding hydrogens is 483 g/mol. The first kappa shape index (κ1) is 21.5. The van der Waals surface area contributed by atoms with Gasteiger partial charge in [-0.2, -0.15) is 0 Å². The smallest absolute Gasteiger partial charge is 0.301 e. The Morgan fingerprint density at radius 2 is 1.61 bits per heavy atom. The number of carbonyl (C=O) groups is 2. The van der Waals surface area contributed by atoms with Crippen LogP contribution in [0.2, 0.25) is 10.0 Å². The second-order valence-electron chi connectivity index (χ2n) is 7.38. The highest BCUT2D eigenvalue weighted by molar-refractivity contribution is 7.22. The Morgan fingerprint density at radius 3 is 2.30 bits per heavy atom. The van der Waals surface area contributed by atoms with Gasteiger partial charge in [-0.1, -0.05) is 46.7 Å². The number of nitrogens with zero attached hydrogens (tertiary/aromatic N) is 2. The van der Waals surface area contributed by atoms with Crippen LogP contribution in [0, 0.1) is 0 Å². The topological polar surface area (TPSA) is 90.7 Å². The van der Waals surface area contributed by atoms with Crippen molar-refractivity contribution in [3.63, 3.8) is 0 Å². The van der Waals surface area contributed by atoms with E-state index in [0.29, 0.717) is 31.8 Å². The Balaban J connectivity index is 1.73. The van der Waals surface area contributed by atoms with Gasteiger partial charge in [0.2, 0.25) is 0 Å². The lowest BCUT2D eigenvalue weighted by Gasteiger charge is -2.23. The van der Waals surface area contributed by atoms with Gasteiger partial charge < -0.3 is 10.2 Å². The van der Waals surface area contributed by atoms with Crippen molar-refractivity contribution in [2.45, 2.75) is 6.04 Å². The second kappa shape index (κ2) is 8.19. The van der Waals surface area contributed by atoms with Crippen molar-refractivity contribution in [3.05, 3.63) is 93.5 Å². The van der Waals surface area contributed by atoms with Crippen LogP contribution in [0.15, 0.2) is 72.3 Å². The summed E-state index contributed by atoms with van der Waals surface area (Å²) in [4.78, 5) is 32.2. The van der Waals surface area contributed by atoms with Crippen LogP contribution >= 0.6 is 34.5 Å². The van der Waals surface area contributed by atoms with E-state index in [4.69, 9.17) is 23.2 Å². The van der Waals surface area contributed by atoms with Crippen LogP contribution in [-0.4, -0.2) is 26.9 Å². The largest absolute Gasteiger partial charge is 0.508 e. The number of carbonyl (C=O) groups excluding carboxylic acids is 2. The van der Waals surface area contributed by atoms with Gasteiger partial charge in [-0.05, 0) is 60.2 Å². The number of benzene rings is 3. The number of amides is 1. The van der Waals surface area contributed by atoms with Crippen LogP contribution < -0.4 is 4.90 Å². The molecule has 1 unspecified atom stereocenters. The average molecular weight is 497 g/mol. The van der Waals surface area contributed by atoms with Crippen molar-refractivity contribution < 1.29 is 19.8 Å². The van der Waals surface area contributed by atoms with Gasteiger partial charge in [0, 0.05) is 15.6 Å². The number of phenols is 1. The van der Waals surface area contributed by atoms with Crippen molar-refractivity contribution in [1.82, 2.24) is 4.98 Å². The molecule has 1 aliphatic heterocycles. The predicted molar refractivity (Wildman–Crippen MR) is 129 cm³/mol. The number of aromatic nitrogens is 1. The van der Waals surface area contributed by atoms with Crippen LogP contribution in [0.3, 0.4) is 0 Å².